The maximum atomic E-state index is 10.7. The van der Waals surface area contributed by atoms with Gasteiger partial charge in [0.15, 0.2) is 0 Å². The van der Waals surface area contributed by atoms with Gasteiger partial charge < -0.3 is 11.1 Å². The minimum Gasteiger partial charge on any atom is -0.323 e. The van der Waals surface area contributed by atoms with Gasteiger partial charge in [-0.15, -0.1) is 6.58 Å². The topological polar surface area (TPSA) is 55.1 Å². The molecule has 3 heteroatoms. The highest BCUT2D eigenvalue weighted by molar-refractivity contribution is 5.78. The van der Waals surface area contributed by atoms with Crippen molar-refractivity contribution in [3.63, 3.8) is 0 Å². The number of rotatable bonds is 7. The standard InChI is InChI=1S/C16H24N2O/c1-4-5-6-7-12(2)13(3)18-16-9-8-14(11-19)10-15(16)17/h4,7-11,13,15-16,18H,1,5-6,17H2,2-3H3/b12-7+. The highest BCUT2D eigenvalue weighted by atomic mass is 16.1. The largest absolute Gasteiger partial charge is 0.323 e. The molecule has 19 heavy (non-hydrogen) atoms. The highest BCUT2D eigenvalue weighted by Gasteiger charge is 2.19. The normalized spacial score (nSPS) is 24.8. The Balaban J connectivity index is 2.53. The maximum Gasteiger partial charge on any atom is 0.149 e. The number of unbranched alkanes of at least 4 members (excludes halogenated alkanes) is 1. The molecule has 0 bridgehead atoms. The molecule has 3 atom stereocenters. The summed E-state index contributed by atoms with van der Waals surface area (Å²) in [6.45, 7) is 7.96. The van der Waals surface area contributed by atoms with Crippen molar-refractivity contribution in [1.29, 1.82) is 0 Å². The van der Waals surface area contributed by atoms with Crippen LogP contribution < -0.4 is 11.1 Å². The molecule has 1 aliphatic carbocycles. The zero-order valence-corrected chi connectivity index (χ0v) is 11.8. The summed E-state index contributed by atoms with van der Waals surface area (Å²) in [5.41, 5.74) is 7.98. The molecule has 0 aromatic carbocycles. The number of nitrogens with two attached hydrogens (primary N) is 1. The van der Waals surface area contributed by atoms with Crippen LogP contribution in [0.5, 0.6) is 0 Å². The zero-order valence-electron chi connectivity index (χ0n) is 11.8. The van der Waals surface area contributed by atoms with Crippen LogP contribution in [0.25, 0.3) is 0 Å². The number of allylic oxidation sites excluding steroid dienone is 4. The van der Waals surface area contributed by atoms with Gasteiger partial charge in [-0.25, -0.2) is 0 Å². The van der Waals surface area contributed by atoms with E-state index in [0.29, 0.717) is 5.57 Å². The minimum atomic E-state index is -0.159. The van der Waals surface area contributed by atoms with Gasteiger partial charge in [0.1, 0.15) is 6.29 Å². The second kappa shape index (κ2) is 7.87. The summed E-state index contributed by atoms with van der Waals surface area (Å²) < 4.78 is 0. The second-order valence-corrected chi connectivity index (χ2v) is 4.95. The highest BCUT2D eigenvalue weighted by Crippen LogP contribution is 2.11. The van der Waals surface area contributed by atoms with Crippen LogP contribution in [0.3, 0.4) is 0 Å². The number of carbonyl (C=O) groups is 1. The van der Waals surface area contributed by atoms with Crippen LogP contribution in [-0.2, 0) is 4.79 Å². The van der Waals surface area contributed by atoms with Crippen molar-refractivity contribution in [1.82, 2.24) is 5.32 Å². The first-order valence-corrected chi connectivity index (χ1v) is 6.73. The van der Waals surface area contributed by atoms with Gasteiger partial charge in [-0.05, 0) is 26.7 Å². The van der Waals surface area contributed by atoms with Crippen LogP contribution in [0.2, 0.25) is 0 Å². The zero-order chi connectivity index (χ0) is 14.3. The van der Waals surface area contributed by atoms with Crippen LogP contribution in [0.4, 0.5) is 0 Å². The third-order valence-electron chi connectivity index (χ3n) is 3.39. The minimum absolute atomic E-state index is 0.0708. The summed E-state index contributed by atoms with van der Waals surface area (Å²) >= 11 is 0. The van der Waals surface area contributed by atoms with Gasteiger partial charge in [0.25, 0.3) is 0 Å². The van der Waals surface area contributed by atoms with Crippen molar-refractivity contribution in [3.05, 3.63) is 48.1 Å². The number of aldehydes is 1. The molecule has 0 heterocycles. The molecule has 0 fully saturated rings. The summed E-state index contributed by atoms with van der Waals surface area (Å²) in [7, 11) is 0. The van der Waals surface area contributed by atoms with E-state index in [2.05, 4.69) is 31.8 Å². The Labute approximate surface area is 116 Å². The molecular formula is C16H24N2O. The fourth-order valence-electron chi connectivity index (χ4n) is 2.00. The van der Waals surface area contributed by atoms with Crippen molar-refractivity contribution >= 4 is 6.29 Å². The van der Waals surface area contributed by atoms with Crippen molar-refractivity contribution < 1.29 is 4.79 Å². The molecule has 3 nitrogen and oxygen atoms in total. The summed E-state index contributed by atoms with van der Waals surface area (Å²) in [4.78, 5) is 10.7. The molecule has 0 saturated carbocycles. The van der Waals surface area contributed by atoms with Crippen molar-refractivity contribution in [3.8, 4) is 0 Å². The van der Waals surface area contributed by atoms with E-state index in [9.17, 15) is 4.79 Å². The molecule has 1 aliphatic rings. The first kappa shape index (κ1) is 15.6. The molecular weight excluding hydrogens is 236 g/mol. The molecule has 3 unspecified atom stereocenters. The lowest BCUT2D eigenvalue weighted by Crippen LogP contribution is -2.47. The Morgan fingerprint density at radius 2 is 2.32 bits per heavy atom. The van der Waals surface area contributed by atoms with E-state index in [1.54, 1.807) is 6.08 Å². The predicted molar refractivity (Wildman–Crippen MR) is 80.8 cm³/mol. The lowest BCUT2D eigenvalue weighted by molar-refractivity contribution is -0.104. The van der Waals surface area contributed by atoms with E-state index < -0.39 is 0 Å². The van der Waals surface area contributed by atoms with E-state index in [0.717, 1.165) is 19.1 Å². The van der Waals surface area contributed by atoms with E-state index in [-0.39, 0.29) is 18.1 Å². The first-order valence-electron chi connectivity index (χ1n) is 6.73. The molecule has 104 valence electrons. The molecule has 0 spiro atoms. The van der Waals surface area contributed by atoms with Crippen molar-refractivity contribution in [2.45, 2.75) is 44.8 Å². The van der Waals surface area contributed by atoms with Gasteiger partial charge in [-0.2, -0.15) is 0 Å². The molecule has 0 amide bonds. The van der Waals surface area contributed by atoms with Crippen LogP contribution in [0.15, 0.2) is 48.1 Å². The molecule has 0 aromatic rings. The smallest absolute Gasteiger partial charge is 0.149 e. The van der Waals surface area contributed by atoms with Gasteiger partial charge in [-0.1, -0.05) is 36.0 Å². The van der Waals surface area contributed by atoms with Crippen molar-refractivity contribution in [2.24, 2.45) is 5.73 Å². The SMILES string of the molecule is C=CCC/C=C(\C)C(C)NC1C=CC(C=O)=CC1N. The van der Waals surface area contributed by atoms with E-state index >= 15 is 0 Å². The molecule has 0 aromatic heterocycles. The first-order chi connectivity index (χ1) is 9.08. The number of hydrogen-bond donors (Lipinski definition) is 2. The average Bonchev–Trinajstić information content (AvgIpc) is 2.41. The van der Waals surface area contributed by atoms with Gasteiger partial charge >= 0.3 is 0 Å². The fourth-order valence-corrected chi connectivity index (χ4v) is 2.00. The predicted octanol–water partition coefficient (Wildman–Crippen LogP) is 2.27. The van der Waals surface area contributed by atoms with Gasteiger partial charge in [-0.3, -0.25) is 4.79 Å². The molecule has 0 saturated heterocycles. The molecule has 1 rings (SSSR count). The van der Waals surface area contributed by atoms with E-state index in [4.69, 9.17) is 5.73 Å². The van der Waals surface area contributed by atoms with Crippen LogP contribution in [0, 0.1) is 0 Å². The number of hydrogen-bond acceptors (Lipinski definition) is 3. The van der Waals surface area contributed by atoms with E-state index in [1.807, 2.05) is 18.2 Å². The second-order valence-electron chi connectivity index (χ2n) is 4.95. The fraction of sp³-hybridized carbons (Fsp3) is 0.438. The number of carbonyl (C=O) groups excluding carboxylic acids is 1. The Morgan fingerprint density at radius 1 is 1.58 bits per heavy atom. The molecule has 0 radical (unpaired) electrons. The van der Waals surface area contributed by atoms with Crippen LogP contribution in [0.1, 0.15) is 26.7 Å². The summed E-state index contributed by atoms with van der Waals surface area (Å²) in [6, 6.07) is 0.173. The Kier molecular flexibility index (Phi) is 6.46. The lowest BCUT2D eigenvalue weighted by atomic mass is 9.97. The lowest BCUT2D eigenvalue weighted by Gasteiger charge is -2.27. The van der Waals surface area contributed by atoms with Gasteiger partial charge in [0, 0.05) is 23.7 Å². The third kappa shape index (κ3) is 4.97. The van der Waals surface area contributed by atoms with Gasteiger partial charge in [0.2, 0.25) is 0 Å². The Hall–Kier alpha value is -1.45. The third-order valence-corrected chi connectivity index (χ3v) is 3.39. The van der Waals surface area contributed by atoms with Gasteiger partial charge in [0.05, 0.1) is 0 Å². The maximum absolute atomic E-state index is 10.7. The van der Waals surface area contributed by atoms with E-state index in [1.165, 1.54) is 5.57 Å². The van der Waals surface area contributed by atoms with Crippen LogP contribution in [-0.4, -0.2) is 24.4 Å². The summed E-state index contributed by atoms with van der Waals surface area (Å²) in [5, 5.41) is 3.47. The monoisotopic (exact) mass is 260 g/mol. The van der Waals surface area contributed by atoms with Crippen molar-refractivity contribution in [2.75, 3.05) is 0 Å². The number of nitrogens with one attached hydrogen (secondary N) is 1. The Bertz CT molecular complexity index is 407. The summed E-state index contributed by atoms with van der Waals surface area (Å²) in [6.07, 6.45) is 12.6. The molecule has 0 aliphatic heterocycles. The summed E-state index contributed by atoms with van der Waals surface area (Å²) in [5.74, 6) is 0. The Morgan fingerprint density at radius 3 is 2.89 bits per heavy atom. The van der Waals surface area contributed by atoms with Crippen LogP contribution >= 0.6 is 0 Å². The average molecular weight is 260 g/mol. The molecule has 3 N–H and O–H groups in total. The quantitative estimate of drug-likeness (QED) is 0.419.